The molecule has 0 atom stereocenters. The molecule has 0 fully saturated rings. The Balaban J connectivity index is 1.74. The van der Waals surface area contributed by atoms with Crippen LogP contribution in [0.3, 0.4) is 0 Å². The third-order valence-electron chi connectivity index (χ3n) is 10.2. The molecule has 3 aromatic rings. The van der Waals surface area contributed by atoms with E-state index in [9.17, 15) is 0 Å². The molecule has 0 N–H and O–H groups in total. The Morgan fingerprint density at radius 1 is 0.467 bits per heavy atom. The molecule has 4 heterocycles. The van der Waals surface area contributed by atoms with E-state index in [0.29, 0.717) is 13.2 Å². The van der Waals surface area contributed by atoms with Gasteiger partial charge in [-0.1, -0.05) is 0 Å². The molecule has 0 aromatic carbocycles. The van der Waals surface area contributed by atoms with Crippen molar-refractivity contribution in [2.45, 2.75) is 145 Å². The summed E-state index contributed by atoms with van der Waals surface area (Å²) in [6.45, 7) is 15.6. The van der Waals surface area contributed by atoms with Crippen LogP contribution in [-0.2, 0) is 0 Å². The monoisotopic (exact) mass is 886 g/mol. The molecule has 0 amide bonds. The predicted molar refractivity (Wildman–Crippen MR) is 211 cm³/mol. The van der Waals surface area contributed by atoms with Crippen molar-refractivity contribution < 1.29 is 9.47 Å². The maximum absolute atomic E-state index is 6.46. The second-order valence-corrected chi connectivity index (χ2v) is 45.1. The minimum absolute atomic E-state index is 0.654. The molecule has 0 bridgehead atoms. The fourth-order valence-corrected chi connectivity index (χ4v) is 49.0. The summed E-state index contributed by atoms with van der Waals surface area (Å²) >= 11 is 1.29. The Morgan fingerprint density at radius 2 is 0.778 bits per heavy atom. The van der Waals surface area contributed by atoms with E-state index >= 15 is 0 Å². The third-order valence-corrected chi connectivity index (χ3v) is 50.4. The zero-order valence-electron chi connectivity index (χ0n) is 29.5. The topological polar surface area (TPSA) is 18.5 Å². The molecule has 0 saturated heterocycles. The predicted octanol–water partition coefficient (Wildman–Crippen LogP) is 13.1. The molecule has 0 saturated carbocycles. The Kier molecular flexibility index (Phi) is 16.5. The SMILES string of the molecule is CCC[CH2][Sn]([CH2]CCC)([CH2]CCC)[c]1ccc(-c2sc(-c3cc[c]([Sn]([CH2]CCC)([CH2]CCC)[CH2]CCC)s3)c3c2OCCO3)s1. The van der Waals surface area contributed by atoms with E-state index in [4.69, 9.17) is 9.47 Å². The zero-order chi connectivity index (χ0) is 32.1. The van der Waals surface area contributed by atoms with Gasteiger partial charge in [-0.3, -0.25) is 0 Å². The first-order valence-electron chi connectivity index (χ1n) is 18.6. The van der Waals surface area contributed by atoms with E-state index < -0.39 is 36.8 Å². The summed E-state index contributed by atoms with van der Waals surface area (Å²) < 4.78 is 25.7. The molecule has 1 aliphatic heterocycles. The van der Waals surface area contributed by atoms with E-state index in [1.54, 1.807) is 0 Å². The van der Waals surface area contributed by atoms with E-state index in [-0.39, 0.29) is 0 Å². The van der Waals surface area contributed by atoms with Gasteiger partial charge in [0.25, 0.3) is 0 Å². The van der Waals surface area contributed by atoms with E-state index in [1.165, 1.54) is 123 Å². The van der Waals surface area contributed by atoms with Gasteiger partial charge in [0, 0.05) is 0 Å². The van der Waals surface area contributed by atoms with E-state index in [2.05, 4.69) is 88.5 Å². The molecule has 1 aliphatic rings. The number of unbranched alkanes of at least 4 members (excludes halogenated alkanes) is 6. The molecule has 4 rings (SSSR count). The first-order valence-corrected chi connectivity index (χ1v) is 36.1. The first kappa shape index (κ1) is 38.1. The van der Waals surface area contributed by atoms with Crippen LogP contribution in [-0.4, -0.2) is 50.0 Å². The van der Waals surface area contributed by atoms with Gasteiger partial charge < -0.3 is 0 Å². The molecule has 2 nitrogen and oxygen atoms in total. The number of ether oxygens (including phenoxy) is 2. The van der Waals surface area contributed by atoms with Gasteiger partial charge in [0.05, 0.1) is 0 Å². The molecule has 0 unspecified atom stereocenters. The van der Waals surface area contributed by atoms with Crippen LogP contribution in [0.2, 0.25) is 26.6 Å². The standard InChI is InChI=1S/C14H8O2S3.6C4H9.2Sn/c1-3-9(17-7-1)13-11-12(16-6-5-15-11)14(19-13)10-4-2-8-18-10;6*1-3-4-2;;/h1-4H,5-6H2;6*1,3-4H2,2H3;;. The fraction of sp³-hybridized carbons (Fsp3) is 0.684. The average molecular weight is 885 g/mol. The summed E-state index contributed by atoms with van der Waals surface area (Å²) in [7, 11) is 0. The van der Waals surface area contributed by atoms with Crippen LogP contribution in [0.25, 0.3) is 19.5 Å². The Morgan fingerprint density at radius 3 is 1.07 bits per heavy atom. The third kappa shape index (κ3) is 9.51. The summed E-state index contributed by atoms with van der Waals surface area (Å²) in [5.41, 5.74) is 0. The summed E-state index contributed by atoms with van der Waals surface area (Å²) in [5, 5.41) is 0. The molecule has 45 heavy (non-hydrogen) atoms. The van der Waals surface area contributed by atoms with Crippen LogP contribution in [0.15, 0.2) is 24.3 Å². The van der Waals surface area contributed by atoms with Crippen molar-refractivity contribution in [3.63, 3.8) is 0 Å². The molecular weight excluding hydrogens is 822 g/mol. The average Bonchev–Trinajstić information content (AvgIpc) is 3.84. The van der Waals surface area contributed by atoms with Crippen molar-refractivity contribution in [2.24, 2.45) is 0 Å². The second-order valence-electron chi connectivity index (χ2n) is 13.6. The van der Waals surface area contributed by atoms with E-state index in [0.717, 1.165) is 11.5 Å². The molecule has 7 heteroatoms. The van der Waals surface area contributed by atoms with Gasteiger partial charge in [0.15, 0.2) is 0 Å². The van der Waals surface area contributed by atoms with E-state index in [1.807, 2.05) is 17.1 Å². The first-order chi connectivity index (χ1) is 22.0. The number of rotatable bonds is 22. The van der Waals surface area contributed by atoms with Crippen molar-refractivity contribution in [2.75, 3.05) is 13.2 Å². The van der Waals surface area contributed by atoms with Crippen LogP contribution in [0, 0.1) is 0 Å². The van der Waals surface area contributed by atoms with Gasteiger partial charge in [-0.25, -0.2) is 0 Å². The number of fused-ring (bicyclic) bond motifs is 1. The van der Waals surface area contributed by atoms with Crippen molar-refractivity contribution >= 4 is 76.6 Å². The van der Waals surface area contributed by atoms with Crippen LogP contribution >= 0.6 is 34.0 Å². The normalized spacial score (nSPS) is 13.6. The molecule has 3 aromatic heterocycles. The van der Waals surface area contributed by atoms with Crippen LogP contribution < -0.4 is 15.3 Å². The maximum atomic E-state index is 6.46. The summed E-state index contributed by atoms with van der Waals surface area (Å²) in [4.78, 5) is 5.50. The number of hydrogen-bond acceptors (Lipinski definition) is 5. The molecule has 0 spiro atoms. The number of thiophene rings is 3. The van der Waals surface area contributed by atoms with Gasteiger partial charge in [-0.2, -0.15) is 0 Å². The van der Waals surface area contributed by atoms with Crippen molar-refractivity contribution in [3.8, 4) is 31.0 Å². The Bertz CT molecular complexity index is 1140. The van der Waals surface area contributed by atoms with Crippen molar-refractivity contribution in [3.05, 3.63) is 24.3 Å². The molecule has 252 valence electrons. The molecule has 0 aliphatic carbocycles. The minimum atomic E-state index is -2.48. The van der Waals surface area contributed by atoms with Gasteiger partial charge in [0.2, 0.25) is 0 Å². The molecule has 0 radical (unpaired) electrons. The summed E-state index contributed by atoms with van der Waals surface area (Å²) in [6, 6.07) is 10.1. The van der Waals surface area contributed by atoms with Crippen LogP contribution in [0.4, 0.5) is 0 Å². The van der Waals surface area contributed by atoms with Crippen molar-refractivity contribution in [1.82, 2.24) is 0 Å². The van der Waals surface area contributed by atoms with Crippen LogP contribution in [0.5, 0.6) is 11.5 Å². The fourth-order valence-electron chi connectivity index (χ4n) is 7.35. The Hall–Kier alpha value is 0.297. The van der Waals surface area contributed by atoms with Crippen molar-refractivity contribution in [1.29, 1.82) is 0 Å². The number of hydrogen-bond donors (Lipinski definition) is 0. The van der Waals surface area contributed by atoms with Gasteiger partial charge >= 0.3 is 300 Å². The summed E-state index contributed by atoms with van der Waals surface area (Å²) in [5.74, 6) is 2.05. The van der Waals surface area contributed by atoms with Gasteiger partial charge in [-0.15, -0.1) is 0 Å². The van der Waals surface area contributed by atoms with Gasteiger partial charge in [-0.05, 0) is 0 Å². The zero-order valence-corrected chi connectivity index (χ0v) is 37.7. The van der Waals surface area contributed by atoms with Crippen LogP contribution in [0.1, 0.15) is 119 Å². The Labute approximate surface area is 296 Å². The summed E-state index contributed by atoms with van der Waals surface area (Å²) in [6.07, 6.45) is 16.4. The van der Waals surface area contributed by atoms with Gasteiger partial charge in [0.1, 0.15) is 0 Å². The second kappa shape index (κ2) is 19.5. The molecular formula is C38H62O2S3Sn2. The quantitative estimate of drug-likeness (QED) is 0.0936.